The zero-order valence-corrected chi connectivity index (χ0v) is 10.9. The number of nitrogens with one attached hydrogen (secondary N) is 1. The van der Waals surface area contributed by atoms with Gasteiger partial charge in [0.1, 0.15) is 0 Å². The monoisotopic (exact) mass is 262 g/mol. The van der Waals surface area contributed by atoms with Crippen LogP contribution in [0.4, 0.5) is 0 Å². The lowest BCUT2D eigenvalue weighted by Crippen LogP contribution is -2.33. The van der Waals surface area contributed by atoms with Crippen LogP contribution in [0.1, 0.15) is 5.56 Å². The molecule has 0 aliphatic carbocycles. The van der Waals surface area contributed by atoms with Crippen LogP contribution in [0.5, 0.6) is 0 Å². The molecular weight excluding hydrogens is 248 g/mol. The molecule has 3 rings (SSSR count). The summed E-state index contributed by atoms with van der Waals surface area (Å²) in [5, 5.41) is 4.21. The lowest BCUT2D eigenvalue weighted by molar-refractivity contribution is 0.838. The Hall–Kier alpha value is -2.81. The molecule has 98 valence electrons. The predicted molar refractivity (Wildman–Crippen MR) is 81.2 cm³/mol. The van der Waals surface area contributed by atoms with Crippen LogP contribution in [-0.4, -0.2) is 9.78 Å². The van der Waals surface area contributed by atoms with E-state index in [1.807, 2.05) is 66.7 Å². The second-order valence-corrected chi connectivity index (χ2v) is 4.54. The highest BCUT2D eigenvalue weighted by Gasteiger charge is 2.03. The molecule has 0 unspecified atom stereocenters. The Kier molecular flexibility index (Phi) is 3.09. The number of rotatable bonds is 2. The molecule has 1 N–H and O–H groups in total. The smallest absolute Gasteiger partial charge is 0.279 e. The van der Waals surface area contributed by atoms with Crippen molar-refractivity contribution in [2.45, 2.75) is 0 Å². The molecule has 3 nitrogen and oxygen atoms in total. The fourth-order valence-electron chi connectivity index (χ4n) is 2.12. The maximum absolute atomic E-state index is 12.5. The third-order valence-corrected chi connectivity index (χ3v) is 3.13. The van der Waals surface area contributed by atoms with E-state index in [0.717, 1.165) is 11.3 Å². The zero-order chi connectivity index (χ0) is 13.9. The van der Waals surface area contributed by atoms with Crippen LogP contribution < -0.4 is 16.1 Å². The Morgan fingerprint density at radius 1 is 0.950 bits per heavy atom. The Bertz CT molecular complexity index is 874. The highest BCUT2D eigenvalue weighted by molar-refractivity contribution is 5.49. The van der Waals surface area contributed by atoms with Gasteiger partial charge in [-0.3, -0.25) is 9.89 Å². The first kappa shape index (κ1) is 12.2. The molecular formula is C17H14N2O. The van der Waals surface area contributed by atoms with Crippen molar-refractivity contribution in [2.24, 2.45) is 0 Å². The quantitative estimate of drug-likeness (QED) is 0.745. The van der Waals surface area contributed by atoms with Crippen molar-refractivity contribution in [2.75, 3.05) is 0 Å². The van der Waals surface area contributed by atoms with Crippen LogP contribution in [-0.2, 0) is 0 Å². The normalized spacial score (nSPS) is 11.7. The predicted octanol–water partition coefficient (Wildman–Crippen LogP) is 1.40. The van der Waals surface area contributed by atoms with Crippen molar-refractivity contribution in [1.29, 1.82) is 0 Å². The summed E-state index contributed by atoms with van der Waals surface area (Å²) in [6.07, 6.45) is 1.85. The van der Waals surface area contributed by atoms with Crippen molar-refractivity contribution < 1.29 is 0 Å². The van der Waals surface area contributed by atoms with Gasteiger partial charge < -0.3 is 0 Å². The van der Waals surface area contributed by atoms with Crippen molar-refractivity contribution in [1.82, 2.24) is 9.78 Å². The molecule has 0 aliphatic heterocycles. The first-order chi connectivity index (χ1) is 9.75. The zero-order valence-electron chi connectivity index (χ0n) is 10.9. The molecule has 1 aromatic heterocycles. The van der Waals surface area contributed by atoms with E-state index in [0.29, 0.717) is 10.6 Å². The molecule has 2 aromatic carbocycles. The minimum atomic E-state index is -0.0925. The number of hydrogen-bond acceptors (Lipinski definition) is 1. The fourth-order valence-corrected chi connectivity index (χ4v) is 2.12. The number of benzene rings is 2. The van der Waals surface area contributed by atoms with E-state index in [1.165, 1.54) is 4.68 Å². The second-order valence-electron chi connectivity index (χ2n) is 4.54. The van der Waals surface area contributed by atoms with Crippen molar-refractivity contribution in [3.63, 3.8) is 0 Å². The molecule has 0 amide bonds. The van der Waals surface area contributed by atoms with E-state index >= 15 is 0 Å². The third kappa shape index (κ3) is 2.21. The largest absolute Gasteiger partial charge is 0.291 e. The second kappa shape index (κ2) is 5.05. The van der Waals surface area contributed by atoms with Gasteiger partial charge in [0.25, 0.3) is 5.56 Å². The van der Waals surface area contributed by atoms with Crippen LogP contribution in [0, 0.1) is 0 Å². The van der Waals surface area contributed by atoms with Gasteiger partial charge in [-0.05, 0) is 23.8 Å². The van der Waals surface area contributed by atoms with Crippen molar-refractivity contribution in [3.8, 4) is 5.69 Å². The molecule has 3 heteroatoms. The summed E-state index contributed by atoms with van der Waals surface area (Å²) in [7, 11) is 0. The van der Waals surface area contributed by atoms with Crippen LogP contribution >= 0.6 is 0 Å². The molecule has 0 saturated heterocycles. The van der Waals surface area contributed by atoms with E-state index in [4.69, 9.17) is 0 Å². The number of H-pyrrole nitrogens is 1. The first-order valence-electron chi connectivity index (χ1n) is 6.38. The van der Waals surface area contributed by atoms with Gasteiger partial charge in [0, 0.05) is 0 Å². The summed E-state index contributed by atoms with van der Waals surface area (Å²) in [6, 6.07) is 19.2. The van der Waals surface area contributed by atoms with E-state index in [2.05, 4.69) is 11.7 Å². The van der Waals surface area contributed by atoms with E-state index in [1.54, 1.807) is 0 Å². The Balaban J connectivity index is 2.21. The number of aromatic nitrogens is 2. The maximum atomic E-state index is 12.5. The molecule has 1 heterocycles. The number of hydrogen-bond donors (Lipinski definition) is 1. The summed E-state index contributed by atoms with van der Waals surface area (Å²) >= 11 is 0. The van der Waals surface area contributed by atoms with Gasteiger partial charge in [0.2, 0.25) is 0 Å². The van der Waals surface area contributed by atoms with Gasteiger partial charge >= 0.3 is 0 Å². The highest BCUT2D eigenvalue weighted by atomic mass is 16.1. The van der Waals surface area contributed by atoms with Crippen LogP contribution in [0.25, 0.3) is 18.3 Å². The highest BCUT2D eigenvalue weighted by Crippen LogP contribution is 2.00. The molecule has 0 saturated carbocycles. The van der Waals surface area contributed by atoms with Crippen LogP contribution in [0.3, 0.4) is 0 Å². The summed E-state index contributed by atoms with van der Waals surface area (Å²) in [6.45, 7) is 3.92. The first-order valence-corrected chi connectivity index (χ1v) is 6.38. The van der Waals surface area contributed by atoms with E-state index in [-0.39, 0.29) is 5.56 Å². The maximum Gasteiger partial charge on any atom is 0.279 e. The number of para-hydroxylation sites is 1. The molecule has 0 spiro atoms. The van der Waals surface area contributed by atoms with Gasteiger partial charge in [-0.15, -0.1) is 0 Å². The van der Waals surface area contributed by atoms with Gasteiger partial charge in [-0.2, -0.15) is 0 Å². The van der Waals surface area contributed by atoms with Gasteiger partial charge in [0.15, 0.2) is 0 Å². The number of nitrogens with zero attached hydrogens (tertiary/aromatic N) is 1. The Morgan fingerprint density at radius 3 is 2.20 bits per heavy atom. The SMILES string of the molecule is C=c1[nH]n(-c2ccccc2)c(=O)c1=Cc1ccccc1. The molecule has 3 aromatic rings. The van der Waals surface area contributed by atoms with Gasteiger partial charge in [0.05, 0.1) is 16.3 Å². The van der Waals surface area contributed by atoms with Gasteiger partial charge in [-0.25, -0.2) is 4.68 Å². The van der Waals surface area contributed by atoms with Crippen LogP contribution in [0.15, 0.2) is 65.5 Å². The fraction of sp³-hybridized carbons (Fsp3) is 0. The average Bonchev–Trinajstić information content (AvgIpc) is 2.77. The summed E-state index contributed by atoms with van der Waals surface area (Å²) in [4.78, 5) is 12.5. The minimum Gasteiger partial charge on any atom is -0.291 e. The molecule has 20 heavy (non-hydrogen) atoms. The lowest BCUT2D eigenvalue weighted by Gasteiger charge is -1.98. The minimum absolute atomic E-state index is 0.0925. The Labute approximate surface area is 116 Å². The number of aromatic amines is 1. The van der Waals surface area contributed by atoms with Gasteiger partial charge in [-0.1, -0.05) is 55.1 Å². The molecule has 0 bridgehead atoms. The topological polar surface area (TPSA) is 37.8 Å². The molecule has 0 fully saturated rings. The average molecular weight is 262 g/mol. The molecule has 0 radical (unpaired) electrons. The third-order valence-electron chi connectivity index (χ3n) is 3.13. The summed E-state index contributed by atoms with van der Waals surface area (Å²) in [5.41, 5.74) is 1.69. The van der Waals surface area contributed by atoms with Crippen molar-refractivity contribution in [3.05, 3.63) is 87.1 Å². The van der Waals surface area contributed by atoms with E-state index < -0.39 is 0 Å². The Morgan fingerprint density at radius 2 is 1.55 bits per heavy atom. The summed E-state index contributed by atoms with van der Waals surface area (Å²) in [5.74, 6) is 0. The van der Waals surface area contributed by atoms with Crippen molar-refractivity contribution >= 4 is 12.7 Å². The summed E-state index contributed by atoms with van der Waals surface area (Å²) < 4.78 is 1.51. The van der Waals surface area contributed by atoms with E-state index in [9.17, 15) is 4.79 Å². The van der Waals surface area contributed by atoms with Crippen LogP contribution in [0.2, 0.25) is 0 Å². The lowest BCUT2D eigenvalue weighted by atomic mass is 10.2. The molecule has 0 atom stereocenters. The standard InChI is InChI=1S/C17H14N2O/c1-13-16(12-14-8-4-2-5-9-14)17(20)19(18-13)15-10-6-3-7-11-15/h2-12,18H,1H2. The molecule has 0 aliphatic rings.